The molecule has 0 aliphatic carbocycles. The summed E-state index contributed by atoms with van der Waals surface area (Å²) < 4.78 is 5.88. The molecular formula is C24H21N3O3S. The van der Waals surface area contributed by atoms with E-state index < -0.39 is 5.97 Å². The summed E-state index contributed by atoms with van der Waals surface area (Å²) in [5.41, 5.74) is 2.71. The van der Waals surface area contributed by atoms with E-state index >= 15 is 0 Å². The van der Waals surface area contributed by atoms with E-state index in [1.54, 1.807) is 12.4 Å². The summed E-state index contributed by atoms with van der Waals surface area (Å²) in [6.07, 6.45) is 3.55. The van der Waals surface area contributed by atoms with Crippen LogP contribution in [0.25, 0.3) is 21.7 Å². The molecule has 0 aliphatic heterocycles. The van der Waals surface area contributed by atoms with Crippen molar-refractivity contribution in [3.8, 4) is 33.2 Å². The molecule has 4 aromatic rings. The number of ether oxygens (including phenoxy) is 1. The smallest absolute Gasteiger partial charge is 0.305 e. The first kappa shape index (κ1) is 20.6. The molecule has 156 valence electrons. The number of aliphatic carboxylic acids is 1. The molecule has 7 heteroatoms. The Labute approximate surface area is 184 Å². The van der Waals surface area contributed by atoms with E-state index in [2.05, 4.69) is 10.3 Å². The minimum atomic E-state index is -0.849. The summed E-state index contributed by atoms with van der Waals surface area (Å²) in [6, 6.07) is 21.0. The Hall–Kier alpha value is -3.71. The SMILES string of the molecule is CC(CC(=O)O)Nc1nc(-c2ccc(Oc3ccccc3)cc2)c(-c2cccnc2)s1. The van der Waals surface area contributed by atoms with Gasteiger partial charge in [0.05, 0.1) is 17.0 Å². The number of aromatic nitrogens is 2. The maximum absolute atomic E-state index is 11.0. The van der Waals surface area contributed by atoms with Gasteiger partial charge in [-0.2, -0.15) is 0 Å². The zero-order chi connectivity index (χ0) is 21.6. The second-order valence-electron chi connectivity index (χ2n) is 7.02. The van der Waals surface area contributed by atoms with E-state index in [1.165, 1.54) is 11.3 Å². The van der Waals surface area contributed by atoms with Gasteiger partial charge in [0.1, 0.15) is 11.5 Å². The molecule has 2 aromatic carbocycles. The molecule has 0 spiro atoms. The number of thiazole rings is 1. The van der Waals surface area contributed by atoms with Gasteiger partial charge in [-0.3, -0.25) is 9.78 Å². The molecule has 1 unspecified atom stereocenters. The molecule has 0 saturated heterocycles. The van der Waals surface area contributed by atoms with E-state index in [9.17, 15) is 4.79 Å². The molecule has 0 aliphatic rings. The molecule has 2 heterocycles. The molecule has 4 rings (SSSR count). The maximum atomic E-state index is 11.0. The van der Waals surface area contributed by atoms with Gasteiger partial charge in [0.2, 0.25) is 0 Å². The number of rotatable bonds is 8. The lowest BCUT2D eigenvalue weighted by Crippen LogP contribution is -2.19. The Morgan fingerprint density at radius 3 is 2.45 bits per heavy atom. The van der Waals surface area contributed by atoms with Crippen LogP contribution in [0.4, 0.5) is 5.13 Å². The minimum absolute atomic E-state index is 0.0165. The van der Waals surface area contributed by atoms with Crippen molar-refractivity contribution in [3.05, 3.63) is 79.1 Å². The van der Waals surface area contributed by atoms with Gasteiger partial charge in [-0.15, -0.1) is 0 Å². The molecule has 0 fully saturated rings. The van der Waals surface area contributed by atoms with Crippen LogP contribution in [0.15, 0.2) is 79.1 Å². The number of carboxylic acid groups (broad SMARTS) is 1. The number of benzene rings is 2. The summed E-state index contributed by atoms with van der Waals surface area (Å²) in [7, 11) is 0. The van der Waals surface area contributed by atoms with Crippen molar-refractivity contribution in [1.82, 2.24) is 9.97 Å². The topological polar surface area (TPSA) is 84.3 Å². The number of anilines is 1. The van der Waals surface area contributed by atoms with Gasteiger partial charge in [0, 0.05) is 29.6 Å². The van der Waals surface area contributed by atoms with Gasteiger partial charge < -0.3 is 15.2 Å². The Morgan fingerprint density at radius 1 is 1.03 bits per heavy atom. The van der Waals surface area contributed by atoms with Crippen LogP contribution in [0.2, 0.25) is 0 Å². The molecule has 0 amide bonds. The van der Waals surface area contributed by atoms with Crippen LogP contribution in [-0.2, 0) is 4.79 Å². The number of pyridine rings is 1. The fraction of sp³-hybridized carbons (Fsp3) is 0.125. The Kier molecular flexibility index (Phi) is 6.24. The van der Waals surface area contributed by atoms with E-state index in [-0.39, 0.29) is 12.5 Å². The van der Waals surface area contributed by atoms with Gasteiger partial charge in [-0.05, 0) is 49.4 Å². The van der Waals surface area contributed by atoms with Crippen LogP contribution in [-0.4, -0.2) is 27.1 Å². The zero-order valence-electron chi connectivity index (χ0n) is 16.9. The molecule has 0 radical (unpaired) electrons. The van der Waals surface area contributed by atoms with Crippen molar-refractivity contribution >= 4 is 22.4 Å². The second-order valence-corrected chi connectivity index (χ2v) is 8.02. The first-order valence-corrected chi connectivity index (χ1v) is 10.6. The van der Waals surface area contributed by atoms with Crippen LogP contribution < -0.4 is 10.1 Å². The quantitative estimate of drug-likeness (QED) is 0.359. The monoisotopic (exact) mass is 431 g/mol. The lowest BCUT2D eigenvalue weighted by Gasteiger charge is -2.09. The average molecular weight is 432 g/mol. The number of nitrogens with zero attached hydrogens (tertiary/aromatic N) is 2. The first-order valence-electron chi connectivity index (χ1n) is 9.81. The van der Waals surface area contributed by atoms with Crippen LogP contribution >= 0.6 is 11.3 Å². The van der Waals surface area contributed by atoms with Crippen molar-refractivity contribution < 1.29 is 14.6 Å². The third-order valence-electron chi connectivity index (χ3n) is 4.51. The number of hydrogen-bond acceptors (Lipinski definition) is 6. The third kappa shape index (κ3) is 5.26. The molecule has 1 atom stereocenters. The predicted molar refractivity (Wildman–Crippen MR) is 123 cm³/mol. The summed E-state index contributed by atoms with van der Waals surface area (Å²) >= 11 is 1.48. The highest BCUT2D eigenvalue weighted by atomic mass is 32.1. The fourth-order valence-electron chi connectivity index (χ4n) is 3.10. The Bertz CT molecular complexity index is 1150. The number of carboxylic acids is 1. The molecule has 2 aromatic heterocycles. The summed E-state index contributed by atoms with van der Waals surface area (Å²) in [5, 5.41) is 12.9. The van der Waals surface area contributed by atoms with Crippen molar-refractivity contribution in [2.75, 3.05) is 5.32 Å². The van der Waals surface area contributed by atoms with Gasteiger partial charge in [-0.25, -0.2) is 4.98 Å². The number of hydrogen-bond donors (Lipinski definition) is 2. The van der Waals surface area contributed by atoms with Crippen LogP contribution in [0.5, 0.6) is 11.5 Å². The minimum Gasteiger partial charge on any atom is -0.481 e. The van der Waals surface area contributed by atoms with Crippen LogP contribution in [0, 0.1) is 0 Å². The highest BCUT2D eigenvalue weighted by molar-refractivity contribution is 7.19. The van der Waals surface area contributed by atoms with Crippen molar-refractivity contribution in [1.29, 1.82) is 0 Å². The van der Waals surface area contributed by atoms with Gasteiger partial charge in [-0.1, -0.05) is 35.6 Å². The number of nitrogens with one attached hydrogen (secondary N) is 1. The predicted octanol–water partition coefficient (Wildman–Crippen LogP) is 5.94. The van der Waals surface area contributed by atoms with E-state index in [0.29, 0.717) is 5.13 Å². The molecule has 2 N–H and O–H groups in total. The summed E-state index contributed by atoms with van der Waals surface area (Å²) in [4.78, 5) is 21.0. The summed E-state index contributed by atoms with van der Waals surface area (Å²) in [6.45, 7) is 1.83. The van der Waals surface area contributed by atoms with Crippen molar-refractivity contribution in [2.45, 2.75) is 19.4 Å². The number of para-hydroxylation sites is 1. The molecular weight excluding hydrogens is 410 g/mol. The van der Waals surface area contributed by atoms with Crippen molar-refractivity contribution in [3.63, 3.8) is 0 Å². The van der Waals surface area contributed by atoms with Crippen LogP contribution in [0.3, 0.4) is 0 Å². The van der Waals surface area contributed by atoms with E-state index in [1.807, 2.05) is 73.7 Å². The highest BCUT2D eigenvalue weighted by Gasteiger charge is 2.17. The maximum Gasteiger partial charge on any atom is 0.305 e. The third-order valence-corrected chi connectivity index (χ3v) is 5.54. The van der Waals surface area contributed by atoms with Crippen molar-refractivity contribution in [2.24, 2.45) is 0 Å². The average Bonchev–Trinajstić information content (AvgIpc) is 3.18. The molecule has 31 heavy (non-hydrogen) atoms. The normalized spacial score (nSPS) is 11.6. The van der Waals surface area contributed by atoms with Gasteiger partial charge >= 0.3 is 5.97 Å². The molecule has 0 bridgehead atoms. The van der Waals surface area contributed by atoms with Gasteiger partial charge in [0.25, 0.3) is 0 Å². The fourth-order valence-corrected chi connectivity index (χ4v) is 4.19. The standard InChI is InChI=1S/C24H21N3O3S/c1-16(14-21(28)29)26-24-27-22(23(31-24)18-6-5-13-25-15-18)17-9-11-20(12-10-17)30-19-7-3-2-4-8-19/h2-13,15-16H,14H2,1H3,(H,26,27)(H,28,29). The Morgan fingerprint density at radius 2 is 1.77 bits per heavy atom. The van der Waals surface area contributed by atoms with E-state index in [0.717, 1.165) is 33.2 Å². The number of carbonyl (C=O) groups is 1. The largest absolute Gasteiger partial charge is 0.481 e. The van der Waals surface area contributed by atoms with E-state index in [4.69, 9.17) is 14.8 Å². The lowest BCUT2D eigenvalue weighted by atomic mass is 10.1. The first-order chi connectivity index (χ1) is 15.1. The lowest BCUT2D eigenvalue weighted by molar-refractivity contribution is -0.137. The highest BCUT2D eigenvalue weighted by Crippen LogP contribution is 2.39. The Balaban J connectivity index is 1.63. The summed E-state index contributed by atoms with van der Waals surface area (Å²) in [5.74, 6) is 0.665. The molecule has 6 nitrogen and oxygen atoms in total. The van der Waals surface area contributed by atoms with Gasteiger partial charge in [0.15, 0.2) is 5.13 Å². The second kappa shape index (κ2) is 9.40. The molecule has 0 saturated carbocycles. The van der Waals surface area contributed by atoms with Crippen LogP contribution in [0.1, 0.15) is 13.3 Å². The zero-order valence-corrected chi connectivity index (χ0v) is 17.7.